The first-order valence-electron chi connectivity index (χ1n) is 6.97. The summed E-state index contributed by atoms with van der Waals surface area (Å²) in [6, 6.07) is -0.124. The molecule has 0 aromatic heterocycles. The monoisotopic (exact) mass is 327 g/mol. The Morgan fingerprint density at radius 2 is 1.75 bits per heavy atom. The van der Waals surface area contributed by atoms with Crippen LogP contribution in [0.25, 0.3) is 0 Å². The predicted molar refractivity (Wildman–Crippen MR) is 79.2 cm³/mol. The molecule has 120 valence electrons. The summed E-state index contributed by atoms with van der Waals surface area (Å²) < 4.78 is 51.3. The molecule has 0 bridgehead atoms. The summed E-state index contributed by atoms with van der Waals surface area (Å²) >= 11 is 0. The van der Waals surface area contributed by atoms with Gasteiger partial charge < -0.3 is 5.73 Å². The Hall–Kier alpha value is -0.220. The molecule has 0 radical (unpaired) electrons. The highest BCUT2D eigenvalue weighted by Gasteiger charge is 2.27. The lowest BCUT2D eigenvalue weighted by atomic mass is 9.85. The van der Waals surface area contributed by atoms with Crippen molar-refractivity contribution in [2.75, 3.05) is 24.6 Å². The molecule has 0 heterocycles. The molecule has 9 heteroatoms. The maximum absolute atomic E-state index is 11.9. The predicted octanol–water partition coefficient (Wildman–Crippen LogP) is -0.637. The largest absolute Gasteiger partial charge is 0.330 e. The summed E-state index contributed by atoms with van der Waals surface area (Å²) in [5.41, 5.74) is 5.66. The average molecular weight is 327 g/mol. The second kappa shape index (κ2) is 7.69. The fourth-order valence-electron chi connectivity index (χ4n) is 2.37. The van der Waals surface area contributed by atoms with Crippen LogP contribution < -0.4 is 15.2 Å². The third kappa shape index (κ3) is 6.04. The van der Waals surface area contributed by atoms with Crippen LogP contribution in [-0.2, 0) is 20.0 Å². The molecule has 4 N–H and O–H groups in total. The first-order valence-corrected chi connectivity index (χ1v) is 10.3. The van der Waals surface area contributed by atoms with Crippen molar-refractivity contribution in [3.8, 4) is 0 Å². The van der Waals surface area contributed by atoms with Crippen molar-refractivity contribution in [3.05, 3.63) is 0 Å². The first-order chi connectivity index (χ1) is 9.29. The lowest BCUT2D eigenvalue weighted by Crippen LogP contribution is -2.46. The van der Waals surface area contributed by atoms with E-state index in [0.717, 1.165) is 25.7 Å². The zero-order valence-electron chi connectivity index (χ0n) is 11.8. The van der Waals surface area contributed by atoms with E-state index in [4.69, 9.17) is 5.73 Å². The van der Waals surface area contributed by atoms with Crippen LogP contribution in [0.3, 0.4) is 0 Å². The van der Waals surface area contributed by atoms with E-state index in [9.17, 15) is 16.8 Å². The lowest BCUT2D eigenvalue weighted by Gasteiger charge is -2.31. The van der Waals surface area contributed by atoms with E-state index in [1.807, 2.05) is 0 Å². The van der Waals surface area contributed by atoms with Gasteiger partial charge in [-0.15, -0.1) is 0 Å². The fourth-order valence-corrected chi connectivity index (χ4v) is 4.37. The number of nitrogens with two attached hydrogens (primary N) is 1. The molecule has 0 aromatic rings. The molecule has 2 unspecified atom stereocenters. The summed E-state index contributed by atoms with van der Waals surface area (Å²) in [7, 11) is -6.84. The van der Waals surface area contributed by atoms with Crippen LogP contribution in [0.4, 0.5) is 0 Å². The number of sulfonamides is 2. The van der Waals surface area contributed by atoms with Gasteiger partial charge in [-0.25, -0.2) is 26.3 Å². The van der Waals surface area contributed by atoms with Gasteiger partial charge in [-0.2, -0.15) is 0 Å². The van der Waals surface area contributed by atoms with E-state index < -0.39 is 20.0 Å². The van der Waals surface area contributed by atoms with E-state index in [-0.39, 0.29) is 30.0 Å². The molecule has 7 nitrogen and oxygen atoms in total. The van der Waals surface area contributed by atoms with Crippen molar-refractivity contribution in [2.24, 2.45) is 11.7 Å². The summed E-state index contributed by atoms with van der Waals surface area (Å²) in [6.45, 7) is 1.87. The Labute approximate surface area is 121 Å². The Balaban J connectivity index is 2.48. The zero-order chi connectivity index (χ0) is 15.2. The van der Waals surface area contributed by atoms with Crippen molar-refractivity contribution in [1.82, 2.24) is 9.44 Å². The van der Waals surface area contributed by atoms with Gasteiger partial charge in [-0.05, 0) is 32.2 Å². The Morgan fingerprint density at radius 3 is 2.35 bits per heavy atom. The first kappa shape index (κ1) is 17.8. The molecule has 20 heavy (non-hydrogen) atoms. The van der Waals surface area contributed by atoms with Crippen molar-refractivity contribution in [3.63, 3.8) is 0 Å². The molecule has 1 aliphatic carbocycles. The van der Waals surface area contributed by atoms with Crippen LogP contribution in [0.1, 0.15) is 32.6 Å². The number of hydrogen-bond donors (Lipinski definition) is 3. The van der Waals surface area contributed by atoms with E-state index in [1.54, 1.807) is 0 Å². The van der Waals surface area contributed by atoms with Gasteiger partial charge in [0.25, 0.3) is 0 Å². The molecule has 1 rings (SSSR count). The Morgan fingerprint density at radius 1 is 1.10 bits per heavy atom. The summed E-state index contributed by atoms with van der Waals surface area (Å²) in [5, 5.41) is 0. The SMILES string of the molecule is CCS(=O)(=O)NCCS(=O)(=O)NC1CCCCC1CN. The van der Waals surface area contributed by atoms with E-state index >= 15 is 0 Å². The molecular weight excluding hydrogens is 302 g/mol. The maximum atomic E-state index is 11.9. The number of rotatable bonds is 8. The smallest absolute Gasteiger partial charge is 0.213 e. The normalized spacial score (nSPS) is 24.7. The van der Waals surface area contributed by atoms with Crippen molar-refractivity contribution >= 4 is 20.0 Å². The van der Waals surface area contributed by atoms with Gasteiger partial charge in [0.05, 0.1) is 11.5 Å². The standard InChI is InChI=1S/C11H25N3O4S2/c1-2-19(15,16)13-7-8-20(17,18)14-11-6-4-3-5-10(11)9-12/h10-11,13-14H,2-9,12H2,1H3. The molecule has 0 saturated heterocycles. The molecular formula is C11H25N3O4S2. The van der Waals surface area contributed by atoms with Gasteiger partial charge in [-0.3, -0.25) is 0 Å². The Kier molecular flexibility index (Phi) is 6.86. The van der Waals surface area contributed by atoms with Gasteiger partial charge >= 0.3 is 0 Å². The van der Waals surface area contributed by atoms with E-state index in [2.05, 4.69) is 9.44 Å². The number of hydrogen-bond acceptors (Lipinski definition) is 5. The molecule has 0 amide bonds. The van der Waals surface area contributed by atoms with Gasteiger partial charge in [0.1, 0.15) is 0 Å². The van der Waals surface area contributed by atoms with Crippen LogP contribution in [-0.4, -0.2) is 47.5 Å². The quantitative estimate of drug-likeness (QED) is 0.548. The molecule has 0 aliphatic heterocycles. The summed E-state index contributed by atoms with van der Waals surface area (Å²) in [4.78, 5) is 0. The fraction of sp³-hybridized carbons (Fsp3) is 1.00. The van der Waals surface area contributed by atoms with Gasteiger partial charge in [0.15, 0.2) is 0 Å². The zero-order valence-corrected chi connectivity index (χ0v) is 13.5. The third-order valence-corrected chi connectivity index (χ3v) is 6.42. The van der Waals surface area contributed by atoms with Crippen molar-refractivity contribution < 1.29 is 16.8 Å². The molecule has 0 aromatic carbocycles. The minimum atomic E-state index is -3.49. The number of nitrogens with one attached hydrogen (secondary N) is 2. The van der Waals surface area contributed by atoms with E-state index in [0.29, 0.717) is 6.54 Å². The van der Waals surface area contributed by atoms with Crippen molar-refractivity contribution in [2.45, 2.75) is 38.6 Å². The molecule has 1 fully saturated rings. The van der Waals surface area contributed by atoms with E-state index in [1.165, 1.54) is 6.92 Å². The minimum absolute atomic E-state index is 0.0572. The van der Waals surface area contributed by atoms with Crippen LogP contribution in [0.5, 0.6) is 0 Å². The van der Waals surface area contributed by atoms with Gasteiger partial charge in [0, 0.05) is 12.6 Å². The average Bonchev–Trinajstić information content (AvgIpc) is 2.38. The molecule has 0 spiro atoms. The third-order valence-electron chi connectivity index (χ3n) is 3.62. The maximum Gasteiger partial charge on any atom is 0.213 e. The van der Waals surface area contributed by atoms with Gasteiger partial charge in [0.2, 0.25) is 20.0 Å². The van der Waals surface area contributed by atoms with Crippen molar-refractivity contribution in [1.29, 1.82) is 0 Å². The second-order valence-corrected chi connectivity index (χ2v) is 9.09. The van der Waals surface area contributed by atoms with Crippen LogP contribution in [0.2, 0.25) is 0 Å². The topological polar surface area (TPSA) is 118 Å². The minimum Gasteiger partial charge on any atom is -0.330 e. The summed E-state index contributed by atoms with van der Waals surface area (Å²) in [6.07, 6.45) is 3.80. The molecule has 1 aliphatic rings. The second-order valence-electron chi connectivity index (χ2n) is 5.12. The van der Waals surface area contributed by atoms with Crippen LogP contribution in [0, 0.1) is 5.92 Å². The molecule has 2 atom stereocenters. The molecule has 1 saturated carbocycles. The van der Waals surface area contributed by atoms with Crippen LogP contribution in [0.15, 0.2) is 0 Å². The van der Waals surface area contributed by atoms with Crippen LogP contribution >= 0.6 is 0 Å². The highest BCUT2D eigenvalue weighted by atomic mass is 32.2. The Bertz CT molecular complexity index is 490. The highest BCUT2D eigenvalue weighted by molar-refractivity contribution is 7.90. The lowest BCUT2D eigenvalue weighted by molar-refractivity contribution is 0.296. The highest BCUT2D eigenvalue weighted by Crippen LogP contribution is 2.23. The van der Waals surface area contributed by atoms with Gasteiger partial charge in [-0.1, -0.05) is 12.8 Å². The summed E-state index contributed by atoms with van der Waals surface area (Å²) in [5.74, 6) is -0.135.